The highest BCUT2D eigenvalue weighted by Gasteiger charge is 2.13. The number of anilines is 1. The quantitative estimate of drug-likeness (QED) is 0.771. The van der Waals surface area contributed by atoms with Crippen LogP contribution >= 0.6 is 0 Å². The standard InChI is InChI=1S/C9H10N4O/c1-2-6-8(13-14-9(6)10)7-3-4-11-5-12-7/h3-5H,2,10H2,1H3. The molecule has 0 radical (unpaired) electrons. The minimum absolute atomic E-state index is 0.362. The molecule has 0 atom stereocenters. The van der Waals surface area contributed by atoms with Gasteiger partial charge in [-0.1, -0.05) is 12.1 Å². The molecule has 0 saturated heterocycles. The largest absolute Gasteiger partial charge is 0.367 e. The summed E-state index contributed by atoms with van der Waals surface area (Å²) in [6.45, 7) is 1.99. The van der Waals surface area contributed by atoms with Crippen molar-refractivity contribution in [2.75, 3.05) is 5.73 Å². The van der Waals surface area contributed by atoms with Crippen molar-refractivity contribution in [1.82, 2.24) is 15.1 Å². The molecule has 0 aromatic carbocycles. The van der Waals surface area contributed by atoms with E-state index in [1.165, 1.54) is 6.33 Å². The monoisotopic (exact) mass is 190 g/mol. The van der Waals surface area contributed by atoms with Gasteiger partial charge in [-0.2, -0.15) is 0 Å². The molecule has 0 unspecified atom stereocenters. The van der Waals surface area contributed by atoms with Gasteiger partial charge in [-0.25, -0.2) is 9.97 Å². The second-order valence-corrected chi connectivity index (χ2v) is 2.82. The molecule has 72 valence electrons. The number of nitrogens with two attached hydrogens (primary N) is 1. The Labute approximate surface area is 81.0 Å². The third kappa shape index (κ3) is 1.32. The first-order chi connectivity index (χ1) is 6.83. The Hall–Kier alpha value is -1.91. The molecule has 0 aliphatic carbocycles. The van der Waals surface area contributed by atoms with Crippen molar-refractivity contribution in [3.8, 4) is 11.4 Å². The minimum Gasteiger partial charge on any atom is -0.367 e. The highest BCUT2D eigenvalue weighted by atomic mass is 16.5. The summed E-state index contributed by atoms with van der Waals surface area (Å²) in [5.74, 6) is 0.362. The summed E-state index contributed by atoms with van der Waals surface area (Å²) < 4.78 is 4.91. The zero-order valence-electron chi connectivity index (χ0n) is 7.77. The number of nitrogens with zero attached hydrogens (tertiary/aromatic N) is 3. The predicted octanol–water partition coefficient (Wildman–Crippen LogP) is 1.28. The second kappa shape index (κ2) is 3.45. The van der Waals surface area contributed by atoms with Crippen LogP contribution in [0, 0.1) is 0 Å². The first-order valence-corrected chi connectivity index (χ1v) is 4.33. The van der Waals surface area contributed by atoms with Crippen LogP contribution in [0.1, 0.15) is 12.5 Å². The molecule has 2 heterocycles. The Kier molecular flexibility index (Phi) is 2.14. The molecule has 14 heavy (non-hydrogen) atoms. The van der Waals surface area contributed by atoms with E-state index in [0.717, 1.165) is 17.7 Å². The van der Waals surface area contributed by atoms with E-state index in [1.807, 2.05) is 6.92 Å². The maximum absolute atomic E-state index is 5.62. The topological polar surface area (TPSA) is 77.8 Å². The molecule has 5 heteroatoms. The molecule has 2 rings (SSSR count). The number of hydrogen-bond acceptors (Lipinski definition) is 5. The van der Waals surface area contributed by atoms with Crippen molar-refractivity contribution in [3.05, 3.63) is 24.2 Å². The Balaban J connectivity index is 2.52. The van der Waals surface area contributed by atoms with E-state index in [1.54, 1.807) is 12.3 Å². The van der Waals surface area contributed by atoms with Crippen LogP contribution in [0.3, 0.4) is 0 Å². The molecule has 2 aromatic rings. The Morgan fingerprint density at radius 3 is 3.00 bits per heavy atom. The molecule has 0 aliphatic rings. The average molecular weight is 190 g/mol. The molecule has 2 N–H and O–H groups in total. The third-order valence-electron chi connectivity index (χ3n) is 2.00. The van der Waals surface area contributed by atoms with E-state index in [0.29, 0.717) is 11.6 Å². The molecule has 0 aliphatic heterocycles. The summed E-state index contributed by atoms with van der Waals surface area (Å²) in [6, 6.07) is 1.77. The van der Waals surface area contributed by atoms with E-state index in [9.17, 15) is 0 Å². The van der Waals surface area contributed by atoms with Crippen molar-refractivity contribution >= 4 is 5.88 Å². The smallest absolute Gasteiger partial charge is 0.225 e. The van der Waals surface area contributed by atoms with E-state index in [-0.39, 0.29) is 0 Å². The molecule has 0 amide bonds. The molecule has 0 spiro atoms. The average Bonchev–Trinajstić information content (AvgIpc) is 2.61. The summed E-state index contributed by atoms with van der Waals surface area (Å²) in [6.07, 6.45) is 3.90. The lowest BCUT2D eigenvalue weighted by Crippen LogP contribution is -1.91. The van der Waals surface area contributed by atoms with Crippen molar-refractivity contribution in [2.24, 2.45) is 0 Å². The molecular formula is C9H10N4O. The van der Waals surface area contributed by atoms with Gasteiger partial charge >= 0.3 is 0 Å². The van der Waals surface area contributed by atoms with E-state index < -0.39 is 0 Å². The number of aromatic nitrogens is 3. The van der Waals surface area contributed by atoms with Crippen LogP contribution < -0.4 is 5.73 Å². The lowest BCUT2D eigenvalue weighted by Gasteiger charge is -1.96. The van der Waals surface area contributed by atoms with Crippen LogP contribution in [0.15, 0.2) is 23.1 Å². The Morgan fingerprint density at radius 2 is 2.36 bits per heavy atom. The molecule has 0 fully saturated rings. The van der Waals surface area contributed by atoms with E-state index >= 15 is 0 Å². The molecule has 0 bridgehead atoms. The van der Waals surface area contributed by atoms with Gasteiger partial charge in [0.1, 0.15) is 12.0 Å². The fraction of sp³-hybridized carbons (Fsp3) is 0.222. The van der Waals surface area contributed by atoms with Gasteiger partial charge in [0, 0.05) is 11.8 Å². The normalized spacial score (nSPS) is 10.4. The lowest BCUT2D eigenvalue weighted by molar-refractivity contribution is 0.438. The predicted molar refractivity (Wildman–Crippen MR) is 51.3 cm³/mol. The summed E-state index contributed by atoms with van der Waals surface area (Å²) in [5.41, 5.74) is 7.94. The van der Waals surface area contributed by atoms with Gasteiger partial charge in [0.25, 0.3) is 0 Å². The summed E-state index contributed by atoms with van der Waals surface area (Å²) >= 11 is 0. The van der Waals surface area contributed by atoms with Crippen LogP contribution in [0.5, 0.6) is 0 Å². The molecular weight excluding hydrogens is 180 g/mol. The Bertz CT molecular complexity index is 424. The fourth-order valence-corrected chi connectivity index (χ4v) is 1.30. The van der Waals surface area contributed by atoms with Gasteiger partial charge in [-0.3, -0.25) is 0 Å². The van der Waals surface area contributed by atoms with Gasteiger partial charge in [0.2, 0.25) is 5.88 Å². The van der Waals surface area contributed by atoms with Crippen LogP contribution in [0.25, 0.3) is 11.4 Å². The van der Waals surface area contributed by atoms with Gasteiger partial charge in [-0.15, -0.1) is 0 Å². The molecule has 2 aromatic heterocycles. The van der Waals surface area contributed by atoms with Gasteiger partial charge in [0.05, 0.1) is 5.69 Å². The molecule has 0 saturated carbocycles. The zero-order valence-corrected chi connectivity index (χ0v) is 7.77. The minimum atomic E-state index is 0.362. The maximum atomic E-state index is 5.62. The number of hydrogen-bond donors (Lipinski definition) is 1. The van der Waals surface area contributed by atoms with Crippen molar-refractivity contribution in [2.45, 2.75) is 13.3 Å². The summed E-state index contributed by atoms with van der Waals surface area (Å²) in [5, 5.41) is 3.87. The maximum Gasteiger partial charge on any atom is 0.225 e. The summed E-state index contributed by atoms with van der Waals surface area (Å²) in [4.78, 5) is 7.91. The fourth-order valence-electron chi connectivity index (χ4n) is 1.30. The second-order valence-electron chi connectivity index (χ2n) is 2.82. The van der Waals surface area contributed by atoms with Crippen LogP contribution in [0.4, 0.5) is 5.88 Å². The van der Waals surface area contributed by atoms with Crippen LogP contribution in [-0.2, 0) is 6.42 Å². The van der Waals surface area contributed by atoms with Crippen molar-refractivity contribution < 1.29 is 4.52 Å². The Morgan fingerprint density at radius 1 is 1.50 bits per heavy atom. The van der Waals surface area contributed by atoms with Crippen LogP contribution in [-0.4, -0.2) is 15.1 Å². The highest BCUT2D eigenvalue weighted by Crippen LogP contribution is 2.25. The highest BCUT2D eigenvalue weighted by molar-refractivity contribution is 5.62. The first kappa shape index (κ1) is 8.68. The molecule has 5 nitrogen and oxygen atoms in total. The zero-order chi connectivity index (χ0) is 9.97. The van der Waals surface area contributed by atoms with E-state index in [2.05, 4.69) is 15.1 Å². The van der Waals surface area contributed by atoms with Gasteiger partial charge in [0.15, 0.2) is 0 Å². The van der Waals surface area contributed by atoms with E-state index in [4.69, 9.17) is 10.3 Å². The third-order valence-corrected chi connectivity index (χ3v) is 2.00. The van der Waals surface area contributed by atoms with Gasteiger partial charge in [-0.05, 0) is 12.5 Å². The van der Waals surface area contributed by atoms with Gasteiger partial charge < -0.3 is 10.3 Å². The first-order valence-electron chi connectivity index (χ1n) is 4.33. The SMILES string of the molecule is CCc1c(-c2ccncn2)noc1N. The van der Waals surface area contributed by atoms with Crippen molar-refractivity contribution in [3.63, 3.8) is 0 Å². The number of nitrogen functional groups attached to an aromatic ring is 1. The summed E-state index contributed by atoms with van der Waals surface area (Å²) in [7, 11) is 0. The van der Waals surface area contributed by atoms with Crippen molar-refractivity contribution in [1.29, 1.82) is 0 Å². The number of rotatable bonds is 2. The van der Waals surface area contributed by atoms with Crippen LogP contribution in [0.2, 0.25) is 0 Å². The lowest BCUT2D eigenvalue weighted by atomic mass is 10.1.